The number of nitrogen functional groups attached to an aromatic ring is 1. The molecule has 0 bridgehead atoms. The lowest BCUT2D eigenvalue weighted by atomic mass is 10.4. The van der Waals surface area contributed by atoms with Gasteiger partial charge in [-0.15, -0.1) is 0 Å². The van der Waals surface area contributed by atoms with E-state index in [1.807, 2.05) is 6.92 Å². The zero-order valence-corrected chi connectivity index (χ0v) is 7.16. The summed E-state index contributed by atoms with van der Waals surface area (Å²) >= 11 is 0. The van der Waals surface area contributed by atoms with Crippen molar-refractivity contribution in [2.75, 3.05) is 12.5 Å². The van der Waals surface area contributed by atoms with E-state index in [0.29, 0.717) is 11.6 Å². The maximum absolute atomic E-state index is 5.23. The summed E-state index contributed by atoms with van der Waals surface area (Å²) in [7, 11) is 1.55. The predicted octanol–water partition coefficient (Wildman–Crippen LogP) is 0.333. The van der Waals surface area contributed by atoms with Crippen LogP contribution in [0.3, 0.4) is 0 Å². The highest BCUT2D eigenvalue weighted by Gasteiger charge is 2.03. The van der Waals surface area contributed by atoms with Gasteiger partial charge in [0.05, 0.1) is 13.3 Å². The Bertz CT molecular complexity index is 264. The standard InChI is InChI=1S/C7H12N4O/c1-3-6-9-4-5(12-2)7(10-6)11-8/h4H,3,8H2,1-2H3,(H,9,10,11). The minimum atomic E-state index is 0.518. The van der Waals surface area contributed by atoms with Crippen molar-refractivity contribution < 1.29 is 4.74 Å². The number of ether oxygens (including phenoxy) is 1. The van der Waals surface area contributed by atoms with E-state index in [-0.39, 0.29) is 0 Å². The molecule has 0 aliphatic carbocycles. The molecule has 0 amide bonds. The lowest BCUT2D eigenvalue weighted by molar-refractivity contribution is 0.412. The van der Waals surface area contributed by atoms with E-state index in [0.717, 1.165) is 12.2 Å². The van der Waals surface area contributed by atoms with E-state index >= 15 is 0 Å². The molecule has 0 aliphatic rings. The first-order chi connectivity index (χ1) is 5.81. The molecule has 0 atom stereocenters. The van der Waals surface area contributed by atoms with Gasteiger partial charge in [0, 0.05) is 6.42 Å². The van der Waals surface area contributed by atoms with Gasteiger partial charge in [-0.2, -0.15) is 0 Å². The molecule has 5 nitrogen and oxygen atoms in total. The van der Waals surface area contributed by atoms with Gasteiger partial charge in [0.1, 0.15) is 5.82 Å². The number of nitrogens with two attached hydrogens (primary N) is 1. The van der Waals surface area contributed by atoms with E-state index in [1.54, 1.807) is 13.3 Å². The van der Waals surface area contributed by atoms with E-state index in [1.165, 1.54) is 0 Å². The average Bonchev–Trinajstić information content (AvgIpc) is 2.16. The molecule has 1 aromatic rings. The van der Waals surface area contributed by atoms with Crippen molar-refractivity contribution in [3.63, 3.8) is 0 Å². The molecule has 0 saturated heterocycles. The van der Waals surface area contributed by atoms with Crippen molar-refractivity contribution in [3.05, 3.63) is 12.0 Å². The van der Waals surface area contributed by atoms with E-state index in [9.17, 15) is 0 Å². The van der Waals surface area contributed by atoms with Crippen LogP contribution in [0, 0.1) is 0 Å². The molecule has 1 heterocycles. The Hall–Kier alpha value is -1.36. The van der Waals surface area contributed by atoms with Crippen LogP contribution in [0.1, 0.15) is 12.7 Å². The first kappa shape index (κ1) is 8.73. The van der Waals surface area contributed by atoms with Gasteiger partial charge in [-0.1, -0.05) is 6.92 Å². The number of hydrogen-bond donors (Lipinski definition) is 2. The highest BCUT2D eigenvalue weighted by Crippen LogP contribution is 2.18. The van der Waals surface area contributed by atoms with Gasteiger partial charge >= 0.3 is 0 Å². The van der Waals surface area contributed by atoms with E-state index < -0.39 is 0 Å². The Labute approximate surface area is 70.9 Å². The summed E-state index contributed by atoms with van der Waals surface area (Å²) in [6.07, 6.45) is 2.37. The zero-order chi connectivity index (χ0) is 8.97. The summed E-state index contributed by atoms with van der Waals surface area (Å²) in [6, 6.07) is 0. The quantitative estimate of drug-likeness (QED) is 0.502. The van der Waals surface area contributed by atoms with Crippen molar-refractivity contribution in [1.82, 2.24) is 9.97 Å². The van der Waals surface area contributed by atoms with Crippen LogP contribution in [-0.2, 0) is 6.42 Å². The molecule has 0 radical (unpaired) electrons. The van der Waals surface area contributed by atoms with E-state index in [2.05, 4.69) is 15.4 Å². The summed E-state index contributed by atoms with van der Waals surface area (Å²) < 4.78 is 4.97. The molecule has 0 saturated carbocycles. The van der Waals surface area contributed by atoms with Crippen LogP contribution in [0.15, 0.2) is 6.20 Å². The van der Waals surface area contributed by atoms with Crippen LogP contribution in [0.4, 0.5) is 5.82 Å². The third kappa shape index (κ3) is 1.62. The fraction of sp³-hybridized carbons (Fsp3) is 0.429. The number of anilines is 1. The SMILES string of the molecule is CCc1ncc(OC)c(NN)n1. The van der Waals surface area contributed by atoms with Gasteiger partial charge in [-0.25, -0.2) is 15.8 Å². The largest absolute Gasteiger partial charge is 0.491 e. The smallest absolute Gasteiger partial charge is 0.186 e. The van der Waals surface area contributed by atoms with Crippen molar-refractivity contribution in [2.24, 2.45) is 5.84 Å². The van der Waals surface area contributed by atoms with Crippen LogP contribution in [0.5, 0.6) is 5.75 Å². The van der Waals surface area contributed by atoms with Crippen molar-refractivity contribution in [3.8, 4) is 5.75 Å². The Kier molecular flexibility index (Phi) is 2.82. The molecule has 3 N–H and O–H groups in total. The lowest BCUT2D eigenvalue weighted by Crippen LogP contribution is -2.11. The van der Waals surface area contributed by atoms with Gasteiger partial charge in [-0.05, 0) is 0 Å². The van der Waals surface area contributed by atoms with Gasteiger partial charge in [0.15, 0.2) is 11.6 Å². The monoisotopic (exact) mass is 168 g/mol. The van der Waals surface area contributed by atoms with E-state index in [4.69, 9.17) is 10.6 Å². The van der Waals surface area contributed by atoms with Crippen molar-refractivity contribution in [2.45, 2.75) is 13.3 Å². The number of rotatable bonds is 3. The molecule has 1 rings (SSSR count). The van der Waals surface area contributed by atoms with Gasteiger partial charge < -0.3 is 10.2 Å². The predicted molar refractivity (Wildman–Crippen MR) is 45.8 cm³/mol. The maximum Gasteiger partial charge on any atom is 0.186 e. The summed E-state index contributed by atoms with van der Waals surface area (Å²) in [5.41, 5.74) is 2.45. The minimum Gasteiger partial charge on any atom is -0.491 e. The molecule has 0 aromatic carbocycles. The number of methoxy groups -OCH3 is 1. The number of aryl methyl sites for hydroxylation is 1. The fourth-order valence-electron chi connectivity index (χ4n) is 0.830. The molecular formula is C7H12N4O. The number of aromatic nitrogens is 2. The molecule has 0 fully saturated rings. The topological polar surface area (TPSA) is 73.1 Å². The number of hydrogen-bond acceptors (Lipinski definition) is 5. The summed E-state index contributed by atoms with van der Waals surface area (Å²) in [4.78, 5) is 8.15. The first-order valence-electron chi connectivity index (χ1n) is 3.68. The molecule has 0 spiro atoms. The highest BCUT2D eigenvalue weighted by molar-refractivity contribution is 5.47. The summed E-state index contributed by atoms with van der Waals surface area (Å²) in [5.74, 6) is 7.04. The molecule has 12 heavy (non-hydrogen) atoms. The molecule has 0 aliphatic heterocycles. The molecule has 66 valence electrons. The second kappa shape index (κ2) is 3.87. The molecule has 1 aromatic heterocycles. The highest BCUT2D eigenvalue weighted by atomic mass is 16.5. The van der Waals surface area contributed by atoms with Crippen LogP contribution in [0.2, 0.25) is 0 Å². The Morgan fingerprint density at radius 3 is 2.92 bits per heavy atom. The van der Waals surface area contributed by atoms with Crippen LogP contribution < -0.4 is 16.0 Å². The third-order valence-electron chi connectivity index (χ3n) is 1.48. The zero-order valence-electron chi connectivity index (χ0n) is 7.16. The Morgan fingerprint density at radius 2 is 2.42 bits per heavy atom. The summed E-state index contributed by atoms with van der Waals surface area (Å²) in [5, 5.41) is 0. The third-order valence-corrected chi connectivity index (χ3v) is 1.48. The lowest BCUT2D eigenvalue weighted by Gasteiger charge is -2.06. The Balaban J connectivity index is 3.02. The second-order valence-electron chi connectivity index (χ2n) is 2.20. The Morgan fingerprint density at radius 1 is 1.67 bits per heavy atom. The minimum absolute atomic E-state index is 0.518. The van der Waals surface area contributed by atoms with Crippen LogP contribution in [0.25, 0.3) is 0 Å². The maximum atomic E-state index is 5.23. The first-order valence-corrected chi connectivity index (χ1v) is 3.68. The van der Waals surface area contributed by atoms with Crippen LogP contribution in [-0.4, -0.2) is 17.1 Å². The van der Waals surface area contributed by atoms with Crippen LogP contribution >= 0.6 is 0 Å². The molecular weight excluding hydrogens is 156 g/mol. The van der Waals surface area contributed by atoms with Crippen molar-refractivity contribution in [1.29, 1.82) is 0 Å². The second-order valence-corrected chi connectivity index (χ2v) is 2.20. The summed E-state index contributed by atoms with van der Waals surface area (Å²) in [6.45, 7) is 1.97. The molecule has 5 heteroatoms. The average molecular weight is 168 g/mol. The number of nitrogens with zero attached hydrogens (tertiary/aromatic N) is 2. The normalized spacial score (nSPS) is 9.58. The van der Waals surface area contributed by atoms with Gasteiger partial charge in [-0.3, -0.25) is 0 Å². The van der Waals surface area contributed by atoms with Gasteiger partial charge in [0.2, 0.25) is 0 Å². The number of nitrogens with one attached hydrogen (secondary N) is 1. The van der Waals surface area contributed by atoms with Crippen molar-refractivity contribution >= 4 is 5.82 Å². The molecule has 0 unspecified atom stereocenters. The van der Waals surface area contributed by atoms with Gasteiger partial charge in [0.25, 0.3) is 0 Å². The fourth-order valence-corrected chi connectivity index (χ4v) is 0.830. The number of hydrazine groups is 1.